The highest BCUT2D eigenvalue weighted by Crippen LogP contribution is 2.25. The summed E-state index contributed by atoms with van der Waals surface area (Å²) in [5.41, 5.74) is -0.162. The lowest BCUT2D eigenvalue weighted by atomic mass is 9.84. The number of aliphatic hydroxyl groups excluding tert-OH is 2. The molecule has 0 aromatic heterocycles. The van der Waals surface area contributed by atoms with Gasteiger partial charge in [0.15, 0.2) is 0 Å². The molecule has 0 fully saturated rings. The number of carboxylic acid groups (broad SMARTS) is 1. The Hall–Kier alpha value is -1.34. The molecule has 0 radical (unpaired) electrons. The van der Waals surface area contributed by atoms with Crippen LogP contribution in [0.15, 0.2) is 0 Å². The third-order valence-corrected chi connectivity index (χ3v) is 3.12. The largest absolute Gasteiger partial charge is 0.481 e. The van der Waals surface area contributed by atoms with Gasteiger partial charge in [0.25, 0.3) is 0 Å². The molecule has 0 bridgehead atoms. The fraction of sp³-hybridized carbons (Fsp3) is 0.846. The lowest BCUT2D eigenvalue weighted by Crippen LogP contribution is -2.43. The Labute approximate surface area is 119 Å². The predicted molar refractivity (Wildman–Crippen MR) is 74.4 cm³/mol. The van der Waals surface area contributed by atoms with Crippen molar-refractivity contribution >= 4 is 12.0 Å². The molecule has 20 heavy (non-hydrogen) atoms. The predicted octanol–water partition coefficient (Wildman–Crippen LogP) is 0.264. The van der Waals surface area contributed by atoms with Gasteiger partial charge in [0.2, 0.25) is 0 Å². The highest BCUT2D eigenvalue weighted by atomic mass is 16.4. The van der Waals surface area contributed by atoms with E-state index in [9.17, 15) is 9.59 Å². The van der Waals surface area contributed by atoms with Gasteiger partial charge < -0.3 is 25.5 Å². The van der Waals surface area contributed by atoms with E-state index in [-0.39, 0.29) is 44.2 Å². The molecule has 4 N–H and O–H groups in total. The third kappa shape index (κ3) is 8.71. The van der Waals surface area contributed by atoms with Crippen LogP contribution in [-0.2, 0) is 4.79 Å². The lowest BCUT2D eigenvalue weighted by Gasteiger charge is -2.26. The molecule has 0 aromatic carbocycles. The van der Waals surface area contributed by atoms with Crippen LogP contribution >= 0.6 is 0 Å². The second-order valence-corrected chi connectivity index (χ2v) is 5.47. The summed E-state index contributed by atoms with van der Waals surface area (Å²) in [6.07, 6.45) is 1.33. The maximum atomic E-state index is 11.8. The summed E-state index contributed by atoms with van der Waals surface area (Å²) >= 11 is 0. The van der Waals surface area contributed by atoms with Gasteiger partial charge in [-0.05, 0) is 18.3 Å². The molecule has 7 heteroatoms. The number of aliphatic hydroxyl groups is 2. The van der Waals surface area contributed by atoms with E-state index in [0.29, 0.717) is 19.4 Å². The van der Waals surface area contributed by atoms with Gasteiger partial charge in [-0.25, -0.2) is 4.79 Å². The number of hydrogen-bond donors (Lipinski definition) is 4. The average molecular weight is 290 g/mol. The Morgan fingerprint density at radius 3 is 2.10 bits per heavy atom. The first kappa shape index (κ1) is 18.7. The number of rotatable bonds is 10. The van der Waals surface area contributed by atoms with Crippen LogP contribution in [0, 0.1) is 5.41 Å². The average Bonchev–Trinajstić information content (AvgIpc) is 2.36. The number of nitrogens with one attached hydrogen (secondary N) is 1. The molecular weight excluding hydrogens is 264 g/mol. The number of carbonyl (C=O) groups is 2. The second kappa shape index (κ2) is 9.55. The maximum Gasteiger partial charge on any atom is 0.317 e. The van der Waals surface area contributed by atoms with Crippen molar-refractivity contribution in [2.75, 3.05) is 32.8 Å². The number of aliphatic carboxylic acids is 1. The molecular formula is C13H26N2O5. The van der Waals surface area contributed by atoms with Crippen molar-refractivity contribution in [3.05, 3.63) is 0 Å². The number of hydrogen-bond acceptors (Lipinski definition) is 4. The van der Waals surface area contributed by atoms with Crippen LogP contribution < -0.4 is 5.32 Å². The lowest BCUT2D eigenvalue weighted by molar-refractivity contribution is -0.137. The molecule has 0 aliphatic carbocycles. The minimum Gasteiger partial charge on any atom is -0.481 e. The number of nitrogens with zero attached hydrogens (tertiary/aromatic N) is 1. The van der Waals surface area contributed by atoms with Gasteiger partial charge in [-0.1, -0.05) is 13.8 Å². The van der Waals surface area contributed by atoms with E-state index in [1.165, 1.54) is 4.90 Å². The molecule has 7 nitrogen and oxygen atoms in total. The Kier molecular flexibility index (Phi) is 8.91. The van der Waals surface area contributed by atoms with Crippen molar-refractivity contribution in [3.8, 4) is 0 Å². The van der Waals surface area contributed by atoms with Crippen LogP contribution in [0.4, 0.5) is 4.79 Å². The summed E-state index contributed by atoms with van der Waals surface area (Å²) in [4.78, 5) is 23.6. The SMILES string of the molecule is CC(C)(CCNC(=O)N(CCO)CCO)CCC(=O)O. The Bertz CT molecular complexity index is 301. The highest BCUT2D eigenvalue weighted by Gasteiger charge is 2.20. The van der Waals surface area contributed by atoms with Crippen molar-refractivity contribution in [1.82, 2.24) is 10.2 Å². The van der Waals surface area contributed by atoms with E-state index < -0.39 is 5.97 Å². The van der Waals surface area contributed by atoms with Gasteiger partial charge >= 0.3 is 12.0 Å². The van der Waals surface area contributed by atoms with Crippen LogP contribution in [0.25, 0.3) is 0 Å². The quantitative estimate of drug-likeness (QED) is 0.461. The molecule has 0 rings (SSSR count). The van der Waals surface area contributed by atoms with E-state index in [1.807, 2.05) is 13.8 Å². The van der Waals surface area contributed by atoms with Crippen LogP contribution in [0.2, 0.25) is 0 Å². The van der Waals surface area contributed by atoms with Crippen molar-refractivity contribution in [2.45, 2.75) is 33.1 Å². The fourth-order valence-electron chi connectivity index (χ4n) is 1.75. The molecule has 0 unspecified atom stereocenters. The zero-order valence-electron chi connectivity index (χ0n) is 12.3. The third-order valence-electron chi connectivity index (χ3n) is 3.12. The van der Waals surface area contributed by atoms with Crippen molar-refractivity contribution in [1.29, 1.82) is 0 Å². The van der Waals surface area contributed by atoms with Gasteiger partial charge in [-0.3, -0.25) is 4.79 Å². The minimum atomic E-state index is -0.820. The van der Waals surface area contributed by atoms with Crippen LogP contribution in [0.3, 0.4) is 0 Å². The molecule has 0 aliphatic heterocycles. The Morgan fingerprint density at radius 1 is 1.10 bits per heavy atom. The highest BCUT2D eigenvalue weighted by molar-refractivity contribution is 5.74. The van der Waals surface area contributed by atoms with E-state index in [1.54, 1.807) is 0 Å². The molecule has 0 heterocycles. The number of urea groups is 1. The van der Waals surface area contributed by atoms with Crippen molar-refractivity contribution in [2.24, 2.45) is 5.41 Å². The van der Waals surface area contributed by atoms with E-state index >= 15 is 0 Å². The first-order chi connectivity index (χ1) is 9.32. The molecule has 0 saturated carbocycles. The number of amides is 2. The summed E-state index contributed by atoms with van der Waals surface area (Å²) in [5.74, 6) is -0.820. The first-order valence-electron chi connectivity index (χ1n) is 6.78. The monoisotopic (exact) mass is 290 g/mol. The normalized spacial score (nSPS) is 11.2. The van der Waals surface area contributed by atoms with Gasteiger partial charge in [-0.2, -0.15) is 0 Å². The summed E-state index contributed by atoms with van der Waals surface area (Å²) in [7, 11) is 0. The summed E-state index contributed by atoms with van der Waals surface area (Å²) in [6, 6.07) is -0.331. The van der Waals surface area contributed by atoms with E-state index in [4.69, 9.17) is 15.3 Å². The van der Waals surface area contributed by atoms with Crippen LogP contribution in [0.1, 0.15) is 33.1 Å². The van der Waals surface area contributed by atoms with Gasteiger partial charge in [0.1, 0.15) is 0 Å². The zero-order valence-corrected chi connectivity index (χ0v) is 12.3. The van der Waals surface area contributed by atoms with Crippen molar-refractivity contribution in [3.63, 3.8) is 0 Å². The standard InChI is InChI=1S/C13H26N2O5/c1-13(2,4-3-11(18)19)5-6-14-12(20)15(7-9-16)8-10-17/h16-17H,3-10H2,1-2H3,(H,14,20)(H,18,19). The molecule has 2 amide bonds. The smallest absolute Gasteiger partial charge is 0.317 e. The molecule has 0 aliphatic rings. The fourth-order valence-corrected chi connectivity index (χ4v) is 1.75. The van der Waals surface area contributed by atoms with Crippen LogP contribution in [0.5, 0.6) is 0 Å². The Morgan fingerprint density at radius 2 is 1.65 bits per heavy atom. The van der Waals surface area contributed by atoms with Crippen LogP contribution in [-0.4, -0.2) is 65.1 Å². The summed E-state index contributed by atoms with van der Waals surface area (Å²) in [6.45, 7) is 4.39. The molecule has 118 valence electrons. The summed E-state index contributed by atoms with van der Waals surface area (Å²) < 4.78 is 0. The minimum absolute atomic E-state index is 0.113. The molecule has 0 aromatic rings. The van der Waals surface area contributed by atoms with E-state index in [0.717, 1.165) is 0 Å². The van der Waals surface area contributed by atoms with Gasteiger partial charge in [0.05, 0.1) is 13.2 Å². The zero-order chi connectivity index (χ0) is 15.6. The second-order valence-electron chi connectivity index (χ2n) is 5.47. The van der Waals surface area contributed by atoms with Crippen molar-refractivity contribution < 1.29 is 24.9 Å². The number of carboxylic acids is 1. The topological polar surface area (TPSA) is 110 Å². The van der Waals surface area contributed by atoms with Gasteiger partial charge in [0, 0.05) is 26.1 Å². The van der Waals surface area contributed by atoms with E-state index in [2.05, 4.69) is 5.32 Å². The Balaban J connectivity index is 4.07. The molecule has 0 atom stereocenters. The van der Waals surface area contributed by atoms with Gasteiger partial charge in [-0.15, -0.1) is 0 Å². The number of carbonyl (C=O) groups excluding carboxylic acids is 1. The molecule has 0 saturated heterocycles. The molecule has 0 spiro atoms. The maximum absolute atomic E-state index is 11.8. The summed E-state index contributed by atoms with van der Waals surface area (Å²) in [5, 5.41) is 29.0. The first-order valence-corrected chi connectivity index (χ1v) is 6.78.